The largest absolute Gasteiger partial charge is 0.382 e. The number of H-pyrrole nitrogens is 1. The third-order valence-corrected chi connectivity index (χ3v) is 4.09. The van der Waals surface area contributed by atoms with Crippen LogP contribution in [0, 0.1) is 5.82 Å². The fourth-order valence-electron chi connectivity index (χ4n) is 2.78. The number of halogens is 1. The molecule has 3 heterocycles. The molecular weight excluding hydrogens is 269 g/mol. The Labute approximate surface area is 120 Å². The van der Waals surface area contributed by atoms with Gasteiger partial charge in [-0.2, -0.15) is 0 Å². The first-order valence-corrected chi connectivity index (χ1v) is 6.83. The van der Waals surface area contributed by atoms with E-state index < -0.39 is 5.60 Å². The van der Waals surface area contributed by atoms with E-state index >= 15 is 0 Å². The molecule has 0 spiro atoms. The SMILES string of the molecule is OC1(c2ccc(-c3ccnc4[nH]cc(F)c34)cc2)CNC1. The molecule has 1 aliphatic rings. The lowest BCUT2D eigenvalue weighted by molar-refractivity contribution is -0.0146. The number of aliphatic hydroxyl groups is 1. The topological polar surface area (TPSA) is 60.9 Å². The third kappa shape index (κ3) is 1.86. The van der Waals surface area contributed by atoms with E-state index in [1.54, 1.807) is 12.3 Å². The molecule has 3 N–H and O–H groups in total. The summed E-state index contributed by atoms with van der Waals surface area (Å²) in [5.74, 6) is -0.306. The van der Waals surface area contributed by atoms with Crippen molar-refractivity contribution in [3.05, 3.63) is 54.1 Å². The van der Waals surface area contributed by atoms with E-state index in [1.807, 2.05) is 24.3 Å². The summed E-state index contributed by atoms with van der Waals surface area (Å²) in [5, 5.41) is 13.8. The van der Waals surface area contributed by atoms with Gasteiger partial charge in [-0.05, 0) is 22.8 Å². The maximum Gasteiger partial charge on any atom is 0.150 e. The van der Waals surface area contributed by atoms with Crippen LogP contribution in [0.15, 0.2) is 42.7 Å². The fraction of sp³-hybridized carbons (Fsp3) is 0.188. The van der Waals surface area contributed by atoms with Crippen molar-refractivity contribution in [1.29, 1.82) is 0 Å². The standard InChI is InChI=1S/C16H14FN3O/c17-13-7-20-15-14(13)12(5-6-19-15)10-1-3-11(4-2-10)16(21)8-18-9-16/h1-7,18,21H,8-9H2,(H,19,20). The van der Waals surface area contributed by atoms with Crippen LogP contribution in [-0.2, 0) is 5.60 Å². The molecule has 0 amide bonds. The van der Waals surface area contributed by atoms with Gasteiger partial charge in [-0.15, -0.1) is 0 Å². The normalized spacial score (nSPS) is 16.9. The molecule has 4 rings (SSSR count). The summed E-state index contributed by atoms with van der Waals surface area (Å²) in [6.07, 6.45) is 2.98. The number of fused-ring (bicyclic) bond motifs is 1. The van der Waals surface area contributed by atoms with Gasteiger partial charge < -0.3 is 15.4 Å². The smallest absolute Gasteiger partial charge is 0.150 e. The van der Waals surface area contributed by atoms with Crippen LogP contribution in [0.2, 0.25) is 0 Å². The zero-order chi connectivity index (χ0) is 14.4. The van der Waals surface area contributed by atoms with Crippen molar-refractivity contribution < 1.29 is 9.50 Å². The van der Waals surface area contributed by atoms with Crippen molar-refractivity contribution in [1.82, 2.24) is 15.3 Å². The van der Waals surface area contributed by atoms with Crippen LogP contribution in [-0.4, -0.2) is 28.2 Å². The number of rotatable bonds is 2. The van der Waals surface area contributed by atoms with Gasteiger partial charge in [0.15, 0.2) is 5.82 Å². The minimum atomic E-state index is -0.772. The Morgan fingerprint density at radius 2 is 1.90 bits per heavy atom. The fourth-order valence-corrected chi connectivity index (χ4v) is 2.78. The molecule has 21 heavy (non-hydrogen) atoms. The van der Waals surface area contributed by atoms with Gasteiger partial charge in [0.1, 0.15) is 11.2 Å². The second-order valence-corrected chi connectivity index (χ2v) is 5.43. The number of β-amino-alcohol motifs (C(OH)–C–C–N with tert-alkyl or cyclic N) is 1. The summed E-state index contributed by atoms with van der Waals surface area (Å²) in [6.45, 7) is 1.14. The Morgan fingerprint density at radius 1 is 1.14 bits per heavy atom. The zero-order valence-electron chi connectivity index (χ0n) is 11.2. The summed E-state index contributed by atoms with van der Waals surface area (Å²) >= 11 is 0. The Morgan fingerprint density at radius 3 is 2.57 bits per heavy atom. The molecule has 3 aromatic rings. The van der Waals surface area contributed by atoms with Crippen molar-refractivity contribution in [3.63, 3.8) is 0 Å². The summed E-state index contributed by atoms with van der Waals surface area (Å²) in [7, 11) is 0. The lowest BCUT2D eigenvalue weighted by Gasteiger charge is -2.38. The number of aromatic amines is 1. The van der Waals surface area contributed by atoms with Gasteiger partial charge in [0, 0.05) is 25.5 Å². The van der Waals surface area contributed by atoms with E-state index in [2.05, 4.69) is 15.3 Å². The van der Waals surface area contributed by atoms with Crippen molar-refractivity contribution in [2.24, 2.45) is 0 Å². The zero-order valence-corrected chi connectivity index (χ0v) is 11.2. The molecule has 0 saturated carbocycles. The minimum Gasteiger partial charge on any atom is -0.382 e. The van der Waals surface area contributed by atoms with Gasteiger partial charge in [0.2, 0.25) is 0 Å². The highest BCUT2D eigenvalue weighted by molar-refractivity contribution is 5.93. The van der Waals surface area contributed by atoms with Crippen LogP contribution in [0.4, 0.5) is 4.39 Å². The summed E-state index contributed by atoms with van der Waals surface area (Å²) < 4.78 is 13.9. The number of nitrogens with zero attached hydrogens (tertiary/aromatic N) is 1. The predicted molar refractivity (Wildman–Crippen MR) is 78.3 cm³/mol. The van der Waals surface area contributed by atoms with Gasteiger partial charge in [0.25, 0.3) is 0 Å². The molecule has 4 nitrogen and oxygen atoms in total. The molecule has 0 atom stereocenters. The number of nitrogens with one attached hydrogen (secondary N) is 2. The van der Waals surface area contributed by atoms with Crippen LogP contribution >= 0.6 is 0 Å². The van der Waals surface area contributed by atoms with E-state index in [-0.39, 0.29) is 5.82 Å². The molecule has 0 aliphatic carbocycles. The second kappa shape index (κ2) is 4.38. The first kappa shape index (κ1) is 12.5. The number of hydrogen-bond donors (Lipinski definition) is 3. The van der Waals surface area contributed by atoms with E-state index in [9.17, 15) is 9.50 Å². The van der Waals surface area contributed by atoms with Gasteiger partial charge in [0.05, 0.1) is 5.39 Å². The average Bonchev–Trinajstić information content (AvgIpc) is 2.87. The quantitative estimate of drug-likeness (QED) is 0.675. The number of hydrogen-bond acceptors (Lipinski definition) is 3. The number of benzene rings is 1. The minimum absolute atomic E-state index is 0.306. The first-order chi connectivity index (χ1) is 10.2. The third-order valence-electron chi connectivity index (χ3n) is 4.09. The number of pyridine rings is 1. The number of aromatic nitrogens is 2. The van der Waals surface area contributed by atoms with Gasteiger partial charge in [-0.25, -0.2) is 9.37 Å². The van der Waals surface area contributed by atoms with Crippen LogP contribution in [0.5, 0.6) is 0 Å². The van der Waals surface area contributed by atoms with Crippen molar-refractivity contribution >= 4 is 11.0 Å². The maximum atomic E-state index is 13.9. The molecule has 2 aromatic heterocycles. The Kier molecular flexibility index (Phi) is 2.60. The highest BCUT2D eigenvalue weighted by Crippen LogP contribution is 2.31. The lowest BCUT2D eigenvalue weighted by atomic mass is 9.87. The van der Waals surface area contributed by atoms with E-state index in [0.717, 1.165) is 16.7 Å². The van der Waals surface area contributed by atoms with Gasteiger partial charge in [-0.3, -0.25) is 0 Å². The molecule has 1 aromatic carbocycles. The van der Waals surface area contributed by atoms with Crippen LogP contribution in [0.1, 0.15) is 5.56 Å². The monoisotopic (exact) mass is 283 g/mol. The maximum absolute atomic E-state index is 13.9. The molecule has 106 valence electrons. The van der Waals surface area contributed by atoms with Crippen LogP contribution in [0.25, 0.3) is 22.2 Å². The molecular formula is C16H14FN3O. The average molecular weight is 283 g/mol. The van der Waals surface area contributed by atoms with E-state index in [0.29, 0.717) is 24.1 Å². The lowest BCUT2D eigenvalue weighted by Crippen LogP contribution is -2.56. The van der Waals surface area contributed by atoms with E-state index in [4.69, 9.17) is 0 Å². The molecule has 0 radical (unpaired) electrons. The summed E-state index contributed by atoms with van der Waals surface area (Å²) in [5.41, 5.74) is 2.34. The van der Waals surface area contributed by atoms with Crippen LogP contribution < -0.4 is 5.32 Å². The van der Waals surface area contributed by atoms with E-state index in [1.165, 1.54) is 6.20 Å². The van der Waals surface area contributed by atoms with Crippen molar-refractivity contribution in [3.8, 4) is 11.1 Å². The van der Waals surface area contributed by atoms with Crippen LogP contribution in [0.3, 0.4) is 0 Å². The highest BCUT2D eigenvalue weighted by atomic mass is 19.1. The molecule has 1 fully saturated rings. The summed E-state index contributed by atoms with van der Waals surface area (Å²) in [4.78, 5) is 6.94. The first-order valence-electron chi connectivity index (χ1n) is 6.83. The predicted octanol–water partition coefficient (Wildman–Crippen LogP) is 2.16. The molecule has 0 bridgehead atoms. The van der Waals surface area contributed by atoms with Crippen molar-refractivity contribution in [2.45, 2.75) is 5.60 Å². The molecule has 1 saturated heterocycles. The molecule has 5 heteroatoms. The highest BCUT2D eigenvalue weighted by Gasteiger charge is 2.35. The van der Waals surface area contributed by atoms with Crippen molar-refractivity contribution in [2.75, 3.05) is 13.1 Å². The van der Waals surface area contributed by atoms with Gasteiger partial charge >= 0.3 is 0 Å². The molecule has 1 aliphatic heterocycles. The molecule has 0 unspecified atom stereocenters. The Balaban J connectivity index is 1.80. The van der Waals surface area contributed by atoms with Gasteiger partial charge in [-0.1, -0.05) is 24.3 Å². The second-order valence-electron chi connectivity index (χ2n) is 5.43. The Bertz CT molecular complexity index is 806. The Hall–Kier alpha value is -2.24. The summed E-state index contributed by atoms with van der Waals surface area (Å²) in [6, 6.07) is 9.41.